The Morgan fingerprint density at radius 2 is 1.80 bits per heavy atom. The smallest absolute Gasteiger partial charge is 0.0570 e. The van der Waals surface area contributed by atoms with E-state index in [-0.39, 0.29) is 6.10 Å². The van der Waals surface area contributed by atoms with Gasteiger partial charge in [0.2, 0.25) is 0 Å². The van der Waals surface area contributed by atoms with Crippen LogP contribution >= 0.6 is 0 Å². The fourth-order valence-electron chi connectivity index (χ4n) is 1.92. The van der Waals surface area contributed by atoms with Crippen LogP contribution < -0.4 is 0 Å². The summed E-state index contributed by atoms with van der Waals surface area (Å²) in [5.74, 6) is 1.24. The molecule has 1 N–H and O–H groups in total. The third kappa shape index (κ3) is 1.72. The van der Waals surface area contributed by atoms with Crippen LogP contribution in [-0.4, -0.2) is 11.2 Å². The van der Waals surface area contributed by atoms with E-state index in [9.17, 15) is 5.11 Å². The van der Waals surface area contributed by atoms with Crippen molar-refractivity contribution in [2.75, 3.05) is 0 Å². The molecule has 0 aromatic rings. The maximum Gasteiger partial charge on any atom is 0.0570 e. The second-order valence-corrected chi connectivity index (χ2v) is 3.76. The lowest BCUT2D eigenvalue weighted by Gasteiger charge is -2.30. The van der Waals surface area contributed by atoms with Gasteiger partial charge in [-0.2, -0.15) is 0 Å². The zero-order chi connectivity index (χ0) is 7.56. The van der Waals surface area contributed by atoms with E-state index < -0.39 is 0 Å². The zero-order valence-corrected chi connectivity index (χ0v) is 7.01. The van der Waals surface area contributed by atoms with E-state index in [2.05, 4.69) is 13.8 Å². The number of aliphatic hydroxyl groups is 1. The van der Waals surface area contributed by atoms with Crippen molar-refractivity contribution in [1.82, 2.24) is 0 Å². The summed E-state index contributed by atoms with van der Waals surface area (Å²) in [6.45, 7) is 4.42. The fourth-order valence-corrected chi connectivity index (χ4v) is 1.92. The van der Waals surface area contributed by atoms with Gasteiger partial charge in [-0.3, -0.25) is 0 Å². The molecule has 0 radical (unpaired) electrons. The molecule has 60 valence electrons. The Bertz CT molecular complexity index is 98.9. The third-order valence-corrected chi connectivity index (χ3v) is 2.64. The Labute approximate surface area is 63.4 Å². The average molecular weight is 142 g/mol. The standard InChI is InChI=1S/C9H18O/c1-7(2)8-5-3-4-6-9(8)10/h7-10H,3-6H2,1-2H3/t8-,9+/m0/s1. The van der Waals surface area contributed by atoms with Crippen molar-refractivity contribution in [3.05, 3.63) is 0 Å². The van der Waals surface area contributed by atoms with Crippen LogP contribution in [0.15, 0.2) is 0 Å². The summed E-state index contributed by atoms with van der Waals surface area (Å²) >= 11 is 0. The molecule has 0 spiro atoms. The van der Waals surface area contributed by atoms with Gasteiger partial charge in [-0.05, 0) is 24.7 Å². The quantitative estimate of drug-likeness (QED) is 0.595. The number of hydrogen-bond acceptors (Lipinski definition) is 1. The lowest BCUT2D eigenvalue weighted by Crippen LogP contribution is -2.28. The number of aliphatic hydroxyl groups excluding tert-OH is 1. The summed E-state index contributed by atoms with van der Waals surface area (Å²) < 4.78 is 0. The third-order valence-electron chi connectivity index (χ3n) is 2.64. The van der Waals surface area contributed by atoms with Gasteiger partial charge >= 0.3 is 0 Å². The molecule has 0 aromatic carbocycles. The van der Waals surface area contributed by atoms with Crippen LogP contribution in [0.3, 0.4) is 0 Å². The van der Waals surface area contributed by atoms with Gasteiger partial charge in [0.25, 0.3) is 0 Å². The maximum absolute atomic E-state index is 9.54. The van der Waals surface area contributed by atoms with Crippen LogP contribution in [0, 0.1) is 11.8 Å². The molecule has 1 nitrogen and oxygen atoms in total. The van der Waals surface area contributed by atoms with Gasteiger partial charge in [-0.15, -0.1) is 0 Å². The largest absolute Gasteiger partial charge is 0.393 e. The molecule has 0 aliphatic heterocycles. The Morgan fingerprint density at radius 3 is 2.20 bits per heavy atom. The van der Waals surface area contributed by atoms with Crippen LogP contribution in [0.2, 0.25) is 0 Å². The first-order valence-electron chi connectivity index (χ1n) is 4.40. The van der Waals surface area contributed by atoms with E-state index in [0.29, 0.717) is 11.8 Å². The molecule has 0 saturated heterocycles. The van der Waals surface area contributed by atoms with Gasteiger partial charge in [0, 0.05) is 0 Å². The number of rotatable bonds is 1. The molecule has 2 atom stereocenters. The predicted octanol–water partition coefficient (Wildman–Crippen LogP) is 2.19. The minimum absolute atomic E-state index is 0.00579. The Kier molecular flexibility index (Phi) is 2.72. The molecule has 0 aromatic heterocycles. The molecule has 1 saturated carbocycles. The predicted molar refractivity (Wildman–Crippen MR) is 42.8 cm³/mol. The lowest BCUT2D eigenvalue weighted by molar-refractivity contribution is 0.0456. The van der Waals surface area contributed by atoms with E-state index in [4.69, 9.17) is 0 Å². The second-order valence-electron chi connectivity index (χ2n) is 3.76. The first-order valence-corrected chi connectivity index (χ1v) is 4.40. The molecule has 0 amide bonds. The van der Waals surface area contributed by atoms with Crippen LogP contribution in [0.4, 0.5) is 0 Å². The van der Waals surface area contributed by atoms with Crippen molar-refractivity contribution >= 4 is 0 Å². The van der Waals surface area contributed by atoms with Crippen molar-refractivity contribution in [2.24, 2.45) is 11.8 Å². The van der Waals surface area contributed by atoms with Crippen molar-refractivity contribution in [3.8, 4) is 0 Å². The van der Waals surface area contributed by atoms with Crippen molar-refractivity contribution in [2.45, 2.75) is 45.6 Å². The maximum atomic E-state index is 9.54. The van der Waals surface area contributed by atoms with Crippen LogP contribution in [0.25, 0.3) is 0 Å². The molecular formula is C9H18O. The minimum atomic E-state index is -0.00579. The summed E-state index contributed by atoms with van der Waals surface area (Å²) in [4.78, 5) is 0. The van der Waals surface area contributed by atoms with Crippen LogP contribution in [0.1, 0.15) is 39.5 Å². The van der Waals surface area contributed by atoms with E-state index in [0.717, 1.165) is 6.42 Å². The molecule has 1 rings (SSSR count). The van der Waals surface area contributed by atoms with Gasteiger partial charge in [-0.1, -0.05) is 26.7 Å². The summed E-state index contributed by atoms with van der Waals surface area (Å²) in [6.07, 6.45) is 4.81. The lowest BCUT2D eigenvalue weighted by atomic mass is 9.79. The van der Waals surface area contributed by atoms with Gasteiger partial charge < -0.3 is 5.11 Å². The first-order chi connectivity index (χ1) is 4.72. The van der Waals surface area contributed by atoms with Gasteiger partial charge in [0.15, 0.2) is 0 Å². The molecule has 1 aliphatic rings. The Hall–Kier alpha value is -0.0400. The van der Waals surface area contributed by atoms with Crippen LogP contribution in [0.5, 0.6) is 0 Å². The molecule has 10 heavy (non-hydrogen) atoms. The summed E-state index contributed by atoms with van der Waals surface area (Å²) in [7, 11) is 0. The first kappa shape index (κ1) is 8.06. The molecule has 1 fully saturated rings. The average Bonchev–Trinajstić information content (AvgIpc) is 1.88. The van der Waals surface area contributed by atoms with Crippen molar-refractivity contribution in [1.29, 1.82) is 0 Å². The van der Waals surface area contributed by atoms with Crippen LogP contribution in [-0.2, 0) is 0 Å². The second kappa shape index (κ2) is 3.38. The molecule has 1 aliphatic carbocycles. The summed E-state index contributed by atoms with van der Waals surface area (Å²) in [6, 6.07) is 0. The molecule has 0 unspecified atom stereocenters. The van der Waals surface area contributed by atoms with Crippen molar-refractivity contribution < 1.29 is 5.11 Å². The summed E-state index contributed by atoms with van der Waals surface area (Å²) in [5.41, 5.74) is 0. The molecule has 0 heterocycles. The normalized spacial score (nSPS) is 34.8. The number of hydrogen-bond donors (Lipinski definition) is 1. The molecule has 0 bridgehead atoms. The Balaban J connectivity index is 2.40. The van der Waals surface area contributed by atoms with E-state index in [1.54, 1.807) is 0 Å². The molecular weight excluding hydrogens is 124 g/mol. The Morgan fingerprint density at radius 1 is 1.20 bits per heavy atom. The highest BCUT2D eigenvalue weighted by molar-refractivity contribution is 4.76. The fraction of sp³-hybridized carbons (Fsp3) is 1.00. The van der Waals surface area contributed by atoms with Crippen molar-refractivity contribution in [3.63, 3.8) is 0 Å². The van der Waals surface area contributed by atoms with E-state index >= 15 is 0 Å². The molecule has 1 heteroatoms. The summed E-state index contributed by atoms with van der Waals surface area (Å²) in [5, 5.41) is 9.54. The van der Waals surface area contributed by atoms with Gasteiger partial charge in [-0.25, -0.2) is 0 Å². The van der Waals surface area contributed by atoms with E-state index in [1.807, 2.05) is 0 Å². The van der Waals surface area contributed by atoms with Gasteiger partial charge in [0.1, 0.15) is 0 Å². The minimum Gasteiger partial charge on any atom is -0.393 e. The highest BCUT2D eigenvalue weighted by Gasteiger charge is 2.24. The monoisotopic (exact) mass is 142 g/mol. The van der Waals surface area contributed by atoms with E-state index in [1.165, 1.54) is 19.3 Å². The highest BCUT2D eigenvalue weighted by Crippen LogP contribution is 2.29. The topological polar surface area (TPSA) is 20.2 Å². The zero-order valence-electron chi connectivity index (χ0n) is 7.01. The SMILES string of the molecule is CC(C)[C@@H]1CCCC[C@H]1O. The highest BCUT2D eigenvalue weighted by atomic mass is 16.3. The van der Waals surface area contributed by atoms with Gasteiger partial charge in [0.05, 0.1) is 6.10 Å².